The number of aliphatic hydroxyl groups excluding tert-OH is 1. The smallest absolute Gasteiger partial charge is 0.252 e. The number of phenols is 1. The molecule has 478 valence electrons. The summed E-state index contributed by atoms with van der Waals surface area (Å²) in [5.74, 6) is -7.02. The molecule has 0 spiro atoms. The highest BCUT2D eigenvalue weighted by Gasteiger charge is 2.39. The van der Waals surface area contributed by atoms with Crippen LogP contribution in [-0.4, -0.2) is 159 Å². The predicted molar refractivity (Wildman–Crippen MR) is 330 cm³/mol. The molecule has 1 unspecified atom stereocenters. The van der Waals surface area contributed by atoms with Gasteiger partial charge in [-0.15, -0.1) is 0 Å². The summed E-state index contributed by atoms with van der Waals surface area (Å²) >= 11 is 0. The van der Waals surface area contributed by atoms with E-state index < -0.39 is 96.1 Å². The minimum absolute atomic E-state index is 0.0541. The summed E-state index contributed by atoms with van der Waals surface area (Å²) < 4.78 is 13.6. The number of guanidine groups is 1. The van der Waals surface area contributed by atoms with E-state index in [0.717, 1.165) is 10.9 Å². The number of carbonyl (C=O) groups excluding carboxylic acids is 9. The van der Waals surface area contributed by atoms with E-state index in [-0.39, 0.29) is 107 Å². The number of aromatic hydroxyl groups is 1. The van der Waals surface area contributed by atoms with Crippen molar-refractivity contribution in [3.63, 3.8) is 0 Å². The Morgan fingerprint density at radius 2 is 1.35 bits per heavy atom. The van der Waals surface area contributed by atoms with Crippen LogP contribution in [-0.2, 0) is 57.6 Å². The Morgan fingerprint density at radius 1 is 0.719 bits per heavy atom. The van der Waals surface area contributed by atoms with Crippen molar-refractivity contribution in [2.45, 2.75) is 140 Å². The third kappa shape index (κ3) is 21.7. The molecule has 26 heteroatoms. The lowest BCUT2D eigenvalue weighted by atomic mass is 10.00. The number of hydrogen-bond acceptors (Lipinski definition) is 13. The van der Waals surface area contributed by atoms with Crippen LogP contribution in [0.3, 0.4) is 0 Å². The monoisotopic (exact) mass is 1230 g/mol. The number of nitrogens with zero attached hydrogens (tertiary/aromatic N) is 3. The van der Waals surface area contributed by atoms with Gasteiger partial charge in [-0.25, -0.2) is 4.39 Å². The van der Waals surface area contributed by atoms with Crippen molar-refractivity contribution in [1.82, 2.24) is 57.4 Å². The Hall–Kier alpha value is -9.46. The number of aryl methyl sites for hydroxylation is 1. The van der Waals surface area contributed by atoms with Crippen LogP contribution in [0, 0.1) is 11.7 Å². The first kappa shape index (κ1) is 68.7. The maximum Gasteiger partial charge on any atom is 0.252 e. The van der Waals surface area contributed by atoms with Gasteiger partial charge in [-0.05, 0) is 130 Å². The molecule has 1 saturated heterocycles. The zero-order valence-corrected chi connectivity index (χ0v) is 50.4. The molecule has 2 aromatic heterocycles. The summed E-state index contributed by atoms with van der Waals surface area (Å²) in [5, 5.41) is 43.5. The van der Waals surface area contributed by atoms with Crippen molar-refractivity contribution < 1.29 is 57.8 Å². The highest BCUT2D eigenvalue weighted by molar-refractivity contribution is 5.98. The summed E-state index contributed by atoms with van der Waals surface area (Å²) in [6, 6.07) is 12.7. The number of pyridine rings is 1. The largest absolute Gasteiger partial charge is 0.508 e. The van der Waals surface area contributed by atoms with Gasteiger partial charge in [0.15, 0.2) is 5.96 Å². The third-order valence-electron chi connectivity index (χ3n) is 15.0. The minimum atomic E-state index is -1.71. The molecule has 25 nitrogen and oxygen atoms in total. The molecule has 1 aliphatic heterocycles. The molecule has 3 heterocycles. The van der Waals surface area contributed by atoms with E-state index in [2.05, 4.69) is 57.5 Å². The number of likely N-dealkylation sites (tertiary alicyclic amines) is 1. The molecule has 0 bridgehead atoms. The summed E-state index contributed by atoms with van der Waals surface area (Å²) in [6.07, 6.45) is 6.26. The second-order valence-corrected chi connectivity index (χ2v) is 22.3. The number of aromatic amines is 1. The highest BCUT2D eigenvalue weighted by atomic mass is 19.1. The van der Waals surface area contributed by atoms with E-state index in [1.54, 1.807) is 37.4 Å². The van der Waals surface area contributed by atoms with E-state index >= 15 is 0 Å². The molecule has 0 aliphatic carbocycles. The van der Waals surface area contributed by atoms with Crippen LogP contribution >= 0.6 is 0 Å². The number of benzene rings is 3. The van der Waals surface area contributed by atoms with Crippen LogP contribution in [0.15, 0.2) is 109 Å². The molecule has 1 aliphatic rings. The molecular weight excluding hydrogens is 1150 g/mol. The number of phenolic OH excluding ortho intramolecular Hbond substituents is 1. The van der Waals surface area contributed by atoms with Gasteiger partial charge in [-0.3, -0.25) is 53.1 Å². The SMILES string of the molecule is CCNC(=O)[C@H]1CCCN1C(=O)[C@H](CCCN=C(N)N)NC(=O)[C@H](CC(C)C)NC(=O)[C@@H](CCCCNC(=O)c1cccnc1)NC(=O)[C@H](Cc1ccc(O)cc1)NC(=O)[C@H](CO)NC(=O)C(Cc1c[nH]c2ccccc12)NC(=O)CCc1ccc(F)cc1. The fourth-order valence-corrected chi connectivity index (χ4v) is 10.3. The second-order valence-electron chi connectivity index (χ2n) is 22.3. The Kier molecular flexibility index (Phi) is 26.8. The molecular formula is C63H83FN14O11. The number of carbonyl (C=O) groups is 9. The van der Waals surface area contributed by atoms with E-state index in [1.165, 1.54) is 53.7 Å². The number of aliphatic imine (C=N–C) groups is 1. The van der Waals surface area contributed by atoms with Crippen LogP contribution in [0.25, 0.3) is 10.9 Å². The lowest BCUT2D eigenvalue weighted by Gasteiger charge is -2.30. The standard InChI is InChI=1S/C63H83FN14O11/c1-4-68-61(88)53-17-11-31-78(53)62(89)48(16-10-30-70-63(65)66)74-57(84)49(32-38(2)3)75-56(83)47(15-7-8-29-69-55(82)41-12-9-28-67-35-41)73-58(85)50(33-40-20-25-44(80)26-21-40)76-60(87)52(37-79)77-59(86)51(34-42-36-71-46-14-6-5-13-45(42)46)72-54(81)27-22-39-18-23-43(64)24-19-39/h5-6,9,12-14,18-21,23-26,28,35-36,38,47-53,71,79-80H,4,7-8,10-11,15-17,22,27,29-34,37H2,1-3H3,(H,68,88)(H,69,82)(H,72,81)(H,73,85)(H,74,84)(H,75,83)(H,76,87)(H,77,86)(H4,65,66,70)/t47-,48+,49+,50+,51?,52+,53-/m1/s1. The highest BCUT2D eigenvalue weighted by Crippen LogP contribution is 2.22. The zero-order chi connectivity index (χ0) is 64.4. The molecule has 9 amide bonds. The molecule has 89 heavy (non-hydrogen) atoms. The molecule has 7 atom stereocenters. The number of halogens is 1. The minimum Gasteiger partial charge on any atom is -0.508 e. The van der Waals surface area contributed by atoms with Crippen LogP contribution in [0.1, 0.15) is 106 Å². The first-order chi connectivity index (χ1) is 42.7. The number of nitrogens with two attached hydrogens (primary N) is 2. The van der Waals surface area contributed by atoms with Crippen molar-refractivity contribution in [1.29, 1.82) is 0 Å². The van der Waals surface area contributed by atoms with Crippen molar-refractivity contribution in [3.8, 4) is 5.75 Å². The van der Waals surface area contributed by atoms with Gasteiger partial charge >= 0.3 is 0 Å². The van der Waals surface area contributed by atoms with Crippen LogP contribution < -0.4 is 54.0 Å². The van der Waals surface area contributed by atoms with Gasteiger partial charge in [0, 0.05) is 74.9 Å². The van der Waals surface area contributed by atoms with Gasteiger partial charge in [0.2, 0.25) is 47.3 Å². The maximum atomic E-state index is 14.8. The molecule has 3 aromatic carbocycles. The number of fused-ring (bicyclic) bond motifs is 1. The summed E-state index contributed by atoms with van der Waals surface area (Å²) in [4.78, 5) is 139. The maximum absolute atomic E-state index is 14.8. The average Bonchev–Trinajstić information content (AvgIpc) is 2.13. The number of unbranched alkanes of at least 4 members (excludes halogenated alkanes) is 1. The first-order valence-corrected chi connectivity index (χ1v) is 30.0. The Balaban J connectivity index is 1.24. The average molecular weight is 1230 g/mol. The first-order valence-electron chi connectivity index (χ1n) is 30.0. The van der Waals surface area contributed by atoms with Crippen LogP contribution in [0.4, 0.5) is 4.39 Å². The van der Waals surface area contributed by atoms with E-state index in [9.17, 15) is 57.8 Å². The molecule has 5 aromatic rings. The number of para-hydroxylation sites is 1. The van der Waals surface area contributed by atoms with Crippen molar-refractivity contribution >= 4 is 70.0 Å². The molecule has 0 saturated carbocycles. The van der Waals surface area contributed by atoms with Crippen LogP contribution in [0.2, 0.25) is 0 Å². The lowest BCUT2D eigenvalue weighted by Crippen LogP contribution is -2.61. The van der Waals surface area contributed by atoms with E-state index in [4.69, 9.17) is 11.5 Å². The molecule has 15 N–H and O–H groups in total. The summed E-state index contributed by atoms with van der Waals surface area (Å²) in [7, 11) is 0. The van der Waals surface area contributed by atoms with Gasteiger partial charge in [0.1, 0.15) is 53.9 Å². The van der Waals surface area contributed by atoms with Gasteiger partial charge in [0.25, 0.3) is 5.91 Å². The van der Waals surface area contributed by atoms with Crippen molar-refractivity contribution in [3.05, 3.63) is 132 Å². The van der Waals surface area contributed by atoms with E-state index in [0.29, 0.717) is 48.1 Å². The van der Waals surface area contributed by atoms with Gasteiger partial charge in [-0.2, -0.15) is 0 Å². The van der Waals surface area contributed by atoms with Crippen LogP contribution in [0.5, 0.6) is 5.75 Å². The van der Waals surface area contributed by atoms with Gasteiger partial charge < -0.3 is 74.1 Å². The second kappa shape index (κ2) is 34.8. The molecule has 6 rings (SSSR count). The normalized spacial score (nSPS) is 14.9. The number of hydrogen-bond donors (Lipinski definition) is 13. The summed E-state index contributed by atoms with van der Waals surface area (Å²) in [5.41, 5.74) is 14.0. The summed E-state index contributed by atoms with van der Waals surface area (Å²) in [6.45, 7) is 5.32. The number of aliphatic hydroxyl groups is 1. The fraction of sp³-hybridized carbons (Fsp3) is 0.444. The lowest BCUT2D eigenvalue weighted by molar-refractivity contribution is -0.142. The van der Waals surface area contributed by atoms with Gasteiger partial charge in [-0.1, -0.05) is 56.3 Å². The van der Waals surface area contributed by atoms with Crippen molar-refractivity contribution in [2.24, 2.45) is 22.4 Å². The zero-order valence-electron chi connectivity index (χ0n) is 50.4. The molecule has 0 radical (unpaired) electrons. The number of nitrogens with one attached hydrogen (secondary N) is 9. The molecule has 1 fully saturated rings. The Bertz CT molecular complexity index is 3220. The Morgan fingerprint density at radius 3 is 2.03 bits per heavy atom. The predicted octanol–water partition coefficient (Wildman–Crippen LogP) is 1.55. The number of amides is 9. The topological polar surface area (TPSA) is 387 Å². The number of aromatic nitrogens is 2. The quantitative estimate of drug-likeness (QED) is 0.0158. The number of H-pyrrole nitrogens is 1. The number of rotatable bonds is 34. The number of likely N-dealkylation sites (N-methyl/N-ethyl adjacent to an activating group) is 1. The Labute approximate surface area is 516 Å². The van der Waals surface area contributed by atoms with Gasteiger partial charge in [0.05, 0.1) is 12.2 Å². The van der Waals surface area contributed by atoms with E-state index in [1.807, 2.05) is 38.1 Å². The van der Waals surface area contributed by atoms with Crippen molar-refractivity contribution in [2.75, 3.05) is 32.8 Å². The fourth-order valence-electron chi connectivity index (χ4n) is 10.3. The third-order valence-corrected chi connectivity index (χ3v) is 15.0.